The van der Waals surface area contributed by atoms with Gasteiger partial charge in [-0.15, -0.1) is 0 Å². The van der Waals surface area contributed by atoms with Crippen LogP contribution in [0.25, 0.3) is 10.9 Å². The number of nitriles is 1. The van der Waals surface area contributed by atoms with Crippen LogP contribution >= 0.6 is 0 Å². The summed E-state index contributed by atoms with van der Waals surface area (Å²) in [4.78, 5) is 16.5. The van der Waals surface area contributed by atoms with Crippen molar-refractivity contribution < 1.29 is 14.3 Å². The van der Waals surface area contributed by atoms with Crippen LogP contribution in [0.4, 0.5) is 10.6 Å². The molecule has 2 aliphatic rings. The van der Waals surface area contributed by atoms with Crippen LogP contribution in [0.1, 0.15) is 37.7 Å². The Morgan fingerprint density at radius 1 is 1.14 bits per heavy atom. The first-order chi connectivity index (χ1) is 13.7. The fraction of sp³-hybridized carbons (Fsp3) is 0.450. The summed E-state index contributed by atoms with van der Waals surface area (Å²) in [7, 11) is 0. The lowest BCUT2D eigenvalue weighted by Crippen LogP contribution is -2.44. The van der Waals surface area contributed by atoms with E-state index in [9.17, 15) is 10.1 Å². The van der Waals surface area contributed by atoms with Crippen molar-refractivity contribution in [1.82, 2.24) is 15.6 Å². The zero-order chi connectivity index (χ0) is 19.3. The number of amides is 2. The molecule has 8 nitrogen and oxygen atoms in total. The molecule has 0 spiro atoms. The van der Waals surface area contributed by atoms with Crippen LogP contribution in [0.3, 0.4) is 0 Å². The molecule has 4 rings (SSSR count). The molecule has 1 aromatic heterocycles. The minimum Gasteiger partial charge on any atom is -0.454 e. The van der Waals surface area contributed by atoms with Crippen LogP contribution in [0.5, 0.6) is 11.5 Å². The Bertz CT molecular complexity index is 918. The van der Waals surface area contributed by atoms with Gasteiger partial charge in [-0.25, -0.2) is 9.78 Å². The van der Waals surface area contributed by atoms with Gasteiger partial charge in [0.05, 0.1) is 11.1 Å². The standard InChI is InChI=1S/C20H23N5O3/c21-11-14-8-13-9-17-18(28-12-27-17)10-16(13)25-19(14)22-6-7-23-20(26)24-15-4-2-1-3-5-15/h8-10,15H,1-7,12H2,(H,22,25)(H2,23,24,26). The second kappa shape index (κ2) is 8.21. The highest BCUT2D eigenvalue weighted by Gasteiger charge is 2.17. The first-order valence-corrected chi connectivity index (χ1v) is 9.65. The molecule has 1 aromatic carbocycles. The number of rotatable bonds is 5. The number of urea groups is 1. The first-order valence-electron chi connectivity index (χ1n) is 9.65. The number of ether oxygens (including phenoxy) is 2. The van der Waals surface area contributed by atoms with Gasteiger partial charge in [-0.2, -0.15) is 5.26 Å². The van der Waals surface area contributed by atoms with Gasteiger partial charge in [0.15, 0.2) is 11.5 Å². The van der Waals surface area contributed by atoms with E-state index in [1.165, 1.54) is 19.3 Å². The summed E-state index contributed by atoms with van der Waals surface area (Å²) in [6.45, 7) is 1.09. The summed E-state index contributed by atoms with van der Waals surface area (Å²) >= 11 is 0. The van der Waals surface area contributed by atoms with Crippen molar-refractivity contribution in [3.63, 3.8) is 0 Å². The predicted molar refractivity (Wildman–Crippen MR) is 104 cm³/mol. The van der Waals surface area contributed by atoms with Crippen molar-refractivity contribution in [3.8, 4) is 17.6 Å². The number of anilines is 1. The normalized spacial score (nSPS) is 15.8. The van der Waals surface area contributed by atoms with Crippen molar-refractivity contribution in [2.24, 2.45) is 0 Å². The third-order valence-corrected chi connectivity index (χ3v) is 5.07. The molecule has 2 amide bonds. The lowest BCUT2D eigenvalue weighted by molar-refractivity contribution is 0.174. The van der Waals surface area contributed by atoms with Crippen molar-refractivity contribution in [2.45, 2.75) is 38.1 Å². The molecule has 0 radical (unpaired) electrons. The van der Waals surface area contributed by atoms with E-state index in [-0.39, 0.29) is 18.9 Å². The van der Waals surface area contributed by atoms with Gasteiger partial charge in [0.2, 0.25) is 6.79 Å². The van der Waals surface area contributed by atoms with E-state index in [1.54, 1.807) is 12.1 Å². The number of nitrogens with zero attached hydrogens (tertiary/aromatic N) is 2. The number of hydrogen-bond donors (Lipinski definition) is 3. The molecule has 0 unspecified atom stereocenters. The maximum atomic E-state index is 12.0. The Morgan fingerprint density at radius 2 is 1.93 bits per heavy atom. The second-order valence-electron chi connectivity index (χ2n) is 7.06. The molecule has 1 aliphatic heterocycles. The summed E-state index contributed by atoms with van der Waals surface area (Å²) < 4.78 is 10.8. The number of benzene rings is 1. The third kappa shape index (κ3) is 4.03. The van der Waals surface area contributed by atoms with Crippen molar-refractivity contribution in [2.75, 3.05) is 25.2 Å². The fourth-order valence-corrected chi connectivity index (χ4v) is 3.62. The average Bonchev–Trinajstić information content (AvgIpc) is 3.16. The number of aromatic nitrogens is 1. The molecule has 8 heteroatoms. The largest absolute Gasteiger partial charge is 0.454 e. The van der Waals surface area contributed by atoms with Crippen molar-refractivity contribution in [1.29, 1.82) is 5.26 Å². The maximum absolute atomic E-state index is 12.0. The number of fused-ring (bicyclic) bond motifs is 2. The molecule has 1 saturated carbocycles. The summed E-state index contributed by atoms with van der Waals surface area (Å²) in [6, 6.07) is 7.70. The van der Waals surface area contributed by atoms with Crippen LogP contribution in [0.15, 0.2) is 18.2 Å². The molecular formula is C20H23N5O3. The summed E-state index contributed by atoms with van der Waals surface area (Å²) in [5, 5.41) is 19.2. The van der Waals surface area contributed by atoms with E-state index < -0.39 is 0 Å². The minimum absolute atomic E-state index is 0.145. The summed E-state index contributed by atoms with van der Waals surface area (Å²) in [5.41, 5.74) is 1.16. The number of carbonyl (C=O) groups is 1. The molecule has 1 fully saturated rings. The number of hydrogen-bond acceptors (Lipinski definition) is 6. The quantitative estimate of drug-likeness (QED) is 0.687. The van der Waals surface area contributed by atoms with Crippen molar-refractivity contribution in [3.05, 3.63) is 23.8 Å². The van der Waals surface area contributed by atoms with E-state index in [2.05, 4.69) is 27.0 Å². The van der Waals surface area contributed by atoms with E-state index in [0.29, 0.717) is 41.5 Å². The lowest BCUT2D eigenvalue weighted by atomic mass is 9.96. The van der Waals surface area contributed by atoms with Crippen LogP contribution in [-0.4, -0.2) is 36.9 Å². The number of nitrogens with one attached hydrogen (secondary N) is 3. The third-order valence-electron chi connectivity index (χ3n) is 5.07. The Balaban J connectivity index is 1.34. The van der Waals surface area contributed by atoms with Crippen LogP contribution in [0, 0.1) is 11.3 Å². The Labute approximate surface area is 163 Å². The van der Waals surface area contributed by atoms with Gasteiger partial charge >= 0.3 is 6.03 Å². The highest BCUT2D eigenvalue weighted by atomic mass is 16.7. The zero-order valence-electron chi connectivity index (χ0n) is 15.6. The smallest absolute Gasteiger partial charge is 0.315 e. The first kappa shape index (κ1) is 18.2. The van der Waals surface area contributed by atoms with Gasteiger partial charge < -0.3 is 25.4 Å². The monoisotopic (exact) mass is 381 g/mol. The van der Waals surface area contributed by atoms with Crippen LogP contribution in [0.2, 0.25) is 0 Å². The van der Waals surface area contributed by atoms with Gasteiger partial charge in [0.25, 0.3) is 0 Å². The van der Waals surface area contributed by atoms with E-state index >= 15 is 0 Å². The molecule has 2 heterocycles. The average molecular weight is 381 g/mol. The highest BCUT2D eigenvalue weighted by Crippen LogP contribution is 2.36. The molecule has 0 saturated heterocycles. The zero-order valence-corrected chi connectivity index (χ0v) is 15.6. The number of pyridine rings is 1. The predicted octanol–water partition coefficient (Wildman–Crippen LogP) is 2.88. The van der Waals surface area contributed by atoms with E-state index in [4.69, 9.17) is 9.47 Å². The molecular weight excluding hydrogens is 358 g/mol. The van der Waals surface area contributed by atoms with Crippen LogP contribution < -0.4 is 25.4 Å². The van der Waals surface area contributed by atoms with Crippen molar-refractivity contribution >= 4 is 22.8 Å². The topological polar surface area (TPSA) is 108 Å². The molecule has 3 N–H and O–H groups in total. The molecule has 0 atom stereocenters. The Morgan fingerprint density at radius 3 is 2.71 bits per heavy atom. The Hall–Kier alpha value is -3.21. The Kier molecular flexibility index (Phi) is 5.33. The highest BCUT2D eigenvalue weighted by molar-refractivity contribution is 5.86. The lowest BCUT2D eigenvalue weighted by Gasteiger charge is -2.22. The fourth-order valence-electron chi connectivity index (χ4n) is 3.62. The van der Waals surface area contributed by atoms with Gasteiger partial charge in [0.1, 0.15) is 11.9 Å². The van der Waals surface area contributed by atoms with E-state index in [1.807, 2.05) is 6.07 Å². The van der Waals surface area contributed by atoms with Gasteiger partial charge in [0, 0.05) is 30.6 Å². The second-order valence-corrected chi connectivity index (χ2v) is 7.06. The van der Waals surface area contributed by atoms with Gasteiger partial charge in [-0.3, -0.25) is 0 Å². The van der Waals surface area contributed by atoms with E-state index in [0.717, 1.165) is 18.2 Å². The van der Waals surface area contributed by atoms with Crippen LogP contribution in [-0.2, 0) is 0 Å². The minimum atomic E-state index is -0.145. The van der Waals surface area contributed by atoms with Gasteiger partial charge in [-0.1, -0.05) is 19.3 Å². The molecule has 2 aromatic rings. The number of carbonyl (C=O) groups excluding carboxylic acids is 1. The SMILES string of the molecule is N#Cc1cc2cc3c(cc2nc1NCCNC(=O)NC1CCCCC1)OCO3. The maximum Gasteiger partial charge on any atom is 0.315 e. The molecule has 1 aliphatic carbocycles. The van der Waals surface area contributed by atoms with Gasteiger partial charge in [-0.05, 0) is 25.0 Å². The summed E-state index contributed by atoms with van der Waals surface area (Å²) in [5.74, 6) is 1.80. The summed E-state index contributed by atoms with van der Waals surface area (Å²) in [6.07, 6.45) is 5.72. The molecule has 28 heavy (non-hydrogen) atoms. The molecule has 146 valence electrons. The molecule has 0 bridgehead atoms.